The number of aromatic nitrogens is 1. The van der Waals surface area contributed by atoms with Gasteiger partial charge in [-0.1, -0.05) is 28.4 Å². The highest BCUT2D eigenvalue weighted by molar-refractivity contribution is 6.42. The van der Waals surface area contributed by atoms with Crippen LogP contribution in [0.2, 0.25) is 10.0 Å². The Morgan fingerprint density at radius 3 is 2.35 bits per heavy atom. The van der Waals surface area contributed by atoms with E-state index in [0.717, 1.165) is 12.1 Å². The van der Waals surface area contributed by atoms with Crippen molar-refractivity contribution < 1.29 is 18.4 Å². The molecule has 0 aliphatic carbocycles. The molecule has 3 rings (SSSR count). The average molecular weight is 356 g/mol. The van der Waals surface area contributed by atoms with Crippen molar-refractivity contribution in [2.24, 2.45) is 0 Å². The van der Waals surface area contributed by atoms with E-state index in [9.17, 15) is 13.9 Å². The number of halogens is 4. The molecule has 0 saturated carbocycles. The lowest BCUT2D eigenvalue weighted by Crippen LogP contribution is -1.91. The molecule has 0 aliphatic rings. The molecule has 0 radical (unpaired) electrons. The number of aliphatic hydroxyl groups is 1. The second-order valence-electron chi connectivity index (χ2n) is 4.75. The molecule has 3 aromatic rings. The van der Waals surface area contributed by atoms with Gasteiger partial charge in [0.15, 0.2) is 17.4 Å². The second kappa shape index (κ2) is 6.28. The zero-order chi connectivity index (χ0) is 16.6. The summed E-state index contributed by atoms with van der Waals surface area (Å²) in [6.45, 7) is -0.395. The Hall–Kier alpha value is -1.95. The zero-order valence-corrected chi connectivity index (χ0v) is 13.0. The van der Waals surface area contributed by atoms with Gasteiger partial charge in [-0.25, -0.2) is 8.78 Å². The Bertz CT molecular complexity index is 812. The van der Waals surface area contributed by atoms with Crippen LogP contribution in [0.4, 0.5) is 8.78 Å². The SMILES string of the molecule is OCc1c(-c2ccc(F)c(F)c2)noc1-c1ccc(Cl)c(Cl)c1. The Morgan fingerprint density at radius 2 is 1.70 bits per heavy atom. The minimum atomic E-state index is -1.01. The molecule has 118 valence electrons. The second-order valence-corrected chi connectivity index (χ2v) is 5.57. The highest BCUT2D eigenvalue weighted by atomic mass is 35.5. The lowest BCUT2D eigenvalue weighted by Gasteiger charge is -2.03. The average Bonchev–Trinajstić information content (AvgIpc) is 2.96. The number of hydrogen-bond donors (Lipinski definition) is 1. The molecule has 0 fully saturated rings. The first-order valence-electron chi connectivity index (χ1n) is 6.51. The molecule has 0 bridgehead atoms. The molecule has 1 heterocycles. The van der Waals surface area contributed by atoms with Crippen LogP contribution < -0.4 is 0 Å². The third kappa shape index (κ3) is 2.95. The molecule has 0 saturated heterocycles. The summed E-state index contributed by atoms with van der Waals surface area (Å²) in [5.74, 6) is -1.69. The van der Waals surface area contributed by atoms with Gasteiger partial charge in [0.25, 0.3) is 0 Å². The van der Waals surface area contributed by atoms with Gasteiger partial charge in [0.1, 0.15) is 5.69 Å². The number of hydrogen-bond acceptors (Lipinski definition) is 3. The summed E-state index contributed by atoms with van der Waals surface area (Å²) in [5.41, 5.74) is 1.43. The highest BCUT2D eigenvalue weighted by Gasteiger charge is 2.20. The Labute approximate surface area is 140 Å². The van der Waals surface area contributed by atoms with E-state index >= 15 is 0 Å². The van der Waals surface area contributed by atoms with E-state index < -0.39 is 18.2 Å². The van der Waals surface area contributed by atoms with Gasteiger partial charge in [0.2, 0.25) is 0 Å². The van der Waals surface area contributed by atoms with Crippen LogP contribution in [0.5, 0.6) is 0 Å². The van der Waals surface area contributed by atoms with Gasteiger partial charge in [-0.2, -0.15) is 0 Å². The van der Waals surface area contributed by atoms with E-state index in [0.29, 0.717) is 26.7 Å². The predicted octanol–water partition coefficient (Wildman–Crippen LogP) is 5.09. The molecule has 0 atom stereocenters. The van der Waals surface area contributed by atoms with Crippen LogP contribution in [-0.2, 0) is 6.61 Å². The standard InChI is InChI=1S/C16H9Cl2F2NO2/c17-11-3-1-9(5-12(11)18)16-10(7-22)15(21-23-16)8-2-4-13(19)14(20)6-8/h1-6,22H,7H2. The van der Waals surface area contributed by atoms with Crippen LogP contribution in [-0.4, -0.2) is 10.3 Å². The van der Waals surface area contributed by atoms with Crippen LogP contribution >= 0.6 is 23.2 Å². The fourth-order valence-electron chi connectivity index (χ4n) is 2.19. The summed E-state index contributed by atoms with van der Waals surface area (Å²) in [7, 11) is 0. The molecule has 1 N–H and O–H groups in total. The Morgan fingerprint density at radius 1 is 0.957 bits per heavy atom. The van der Waals surface area contributed by atoms with E-state index in [1.165, 1.54) is 6.07 Å². The number of benzene rings is 2. The van der Waals surface area contributed by atoms with Crippen LogP contribution in [0, 0.1) is 11.6 Å². The summed E-state index contributed by atoms with van der Waals surface area (Å²) in [6, 6.07) is 8.14. The van der Waals surface area contributed by atoms with Crippen molar-refractivity contribution >= 4 is 23.2 Å². The van der Waals surface area contributed by atoms with E-state index in [4.69, 9.17) is 27.7 Å². The molecule has 0 aliphatic heterocycles. The highest BCUT2D eigenvalue weighted by Crippen LogP contribution is 2.35. The fourth-order valence-corrected chi connectivity index (χ4v) is 2.49. The van der Waals surface area contributed by atoms with Gasteiger partial charge >= 0.3 is 0 Å². The summed E-state index contributed by atoms with van der Waals surface area (Å²) in [6.07, 6.45) is 0. The lowest BCUT2D eigenvalue weighted by atomic mass is 10.0. The predicted molar refractivity (Wildman–Crippen MR) is 83.2 cm³/mol. The van der Waals surface area contributed by atoms with Crippen molar-refractivity contribution in [3.05, 3.63) is 63.6 Å². The van der Waals surface area contributed by atoms with E-state index in [1.54, 1.807) is 18.2 Å². The number of aliphatic hydroxyl groups excluding tert-OH is 1. The van der Waals surface area contributed by atoms with Gasteiger partial charge in [-0.15, -0.1) is 0 Å². The van der Waals surface area contributed by atoms with Crippen LogP contribution in [0.25, 0.3) is 22.6 Å². The van der Waals surface area contributed by atoms with E-state index in [1.807, 2.05) is 0 Å². The first-order chi connectivity index (χ1) is 11.0. The fraction of sp³-hybridized carbons (Fsp3) is 0.0625. The van der Waals surface area contributed by atoms with E-state index in [2.05, 4.69) is 5.16 Å². The first kappa shape index (κ1) is 15.9. The normalized spacial score (nSPS) is 11.0. The lowest BCUT2D eigenvalue weighted by molar-refractivity contribution is 0.281. The van der Waals surface area contributed by atoms with Crippen molar-refractivity contribution in [2.45, 2.75) is 6.61 Å². The molecule has 23 heavy (non-hydrogen) atoms. The van der Waals surface area contributed by atoms with Crippen molar-refractivity contribution in [1.29, 1.82) is 0 Å². The van der Waals surface area contributed by atoms with Crippen molar-refractivity contribution in [2.75, 3.05) is 0 Å². The molecular formula is C16H9Cl2F2NO2. The Kier molecular flexibility index (Phi) is 4.35. The number of nitrogens with zero attached hydrogens (tertiary/aromatic N) is 1. The maximum atomic E-state index is 13.4. The minimum absolute atomic E-state index is 0.229. The maximum Gasteiger partial charge on any atom is 0.173 e. The molecule has 7 heteroatoms. The number of rotatable bonds is 3. The first-order valence-corrected chi connectivity index (χ1v) is 7.27. The van der Waals surface area contributed by atoms with Gasteiger partial charge in [0.05, 0.1) is 22.2 Å². The quantitative estimate of drug-likeness (QED) is 0.711. The van der Waals surface area contributed by atoms with Crippen LogP contribution in [0.15, 0.2) is 40.9 Å². The van der Waals surface area contributed by atoms with Gasteiger partial charge in [-0.3, -0.25) is 0 Å². The third-order valence-electron chi connectivity index (χ3n) is 3.32. The van der Waals surface area contributed by atoms with Crippen molar-refractivity contribution in [3.63, 3.8) is 0 Å². The van der Waals surface area contributed by atoms with E-state index in [-0.39, 0.29) is 11.5 Å². The maximum absolute atomic E-state index is 13.4. The molecule has 3 nitrogen and oxygen atoms in total. The Balaban J connectivity index is 2.12. The van der Waals surface area contributed by atoms with Crippen LogP contribution in [0.3, 0.4) is 0 Å². The monoisotopic (exact) mass is 355 g/mol. The smallest absolute Gasteiger partial charge is 0.173 e. The zero-order valence-electron chi connectivity index (χ0n) is 11.5. The minimum Gasteiger partial charge on any atom is -0.391 e. The van der Waals surface area contributed by atoms with Crippen molar-refractivity contribution in [1.82, 2.24) is 5.16 Å². The summed E-state index contributed by atoms with van der Waals surface area (Å²) in [4.78, 5) is 0. The van der Waals surface area contributed by atoms with Gasteiger partial charge in [-0.05, 0) is 36.4 Å². The molecule has 0 spiro atoms. The molecular weight excluding hydrogens is 347 g/mol. The summed E-state index contributed by atoms with van der Waals surface area (Å²) < 4.78 is 31.7. The summed E-state index contributed by atoms with van der Waals surface area (Å²) in [5, 5.41) is 14.2. The molecule has 2 aromatic carbocycles. The third-order valence-corrected chi connectivity index (χ3v) is 4.06. The van der Waals surface area contributed by atoms with Crippen LogP contribution in [0.1, 0.15) is 5.56 Å². The molecule has 1 aromatic heterocycles. The van der Waals surface area contributed by atoms with Gasteiger partial charge in [0, 0.05) is 11.1 Å². The largest absolute Gasteiger partial charge is 0.391 e. The molecule has 0 unspecified atom stereocenters. The topological polar surface area (TPSA) is 46.3 Å². The van der Waals surface area contributed by atoms with Gasteiger partial charge < -0.3 is 9.63 Å². The van der Waals surface area contributed by atoms with Crippen molar-refractivity contribution in [3.8, 4) is 22.6 Å². The summed E-state index contributed by atoms with van der Waals surface area (Å²) >= 11 is 11.8. The molecule has 0 amide bonds.